The zero-order valence-electron chi connectivity index (χ0n) is 17.2. The van der Waals surface area contributed by atoms with Crippen LogP contribution in [0.3, 0.4) is 0 Å². The number of allylic oxidation sites excluding steroid dienone is 9. The summed E-state index contributed by atoms with van der Waals surface area (Å²) >= 11 is 0. The lowest BCUT2D eigenvalue weighted by molar-refractivity contribution is -0.147. The summed E-state index contributed by atoms with van der Waals surface area (Å²) in [5.41, 5.74) is 0. The first kappa shape index (κ1) is 25.0. The molecule has 0 aliphatic rings. The van der Waals surface area contributed by atoms with Gasteiger partial charge in [-0.3, -0.25) is 0 Å². The lowest BCUT2D eigenvalue weighted by atomic mass is 10.1. The highest BCUT2D eigenvalue weighted by molar-refractivity contribution is 5.72. The predicted octanol–water partition coefficient (Wildman–Crippen LogP) is 7.14. The first-order valence-corrected chi connectivity index (χ1v) is 10.4. The standard InChI is InChI=1S/C24H38O3/c1-3-5-6-7-8-9-10-11-12-13-14-15-16-17-18-19-20-21-22-27-23(4-2)24(25)26/h5-6,8-9,14-15,17-18,21-23H,3-4,7,10-13,16,19-20H2,1-2H3,(H,25,26)/b6-5-,9-8-,15-14-,18-17-,22-21+. The molecule has 3 nitrogen and oxygen atoms in total. The van der Waals surface area contributed by atoms with Crippen LogP contribution in [0.1, 0.15) is 78.1 Å². The molecule has 1 atom stereocenters. The third-order valence-electron chi connectivity index (χ3n) is 3.92. The van der Waals surface area contributed by atoms with Crippen molar-refractivity contribution in [1.29, 1.82) is 0 Å². The molecular weight excluding hydrogens is 336 g/mol. The van der Waals surface area contributed by atoms with Crippen molar-refractivity contribution < 1.29 is 14.6 Å². The molecule has 0 saturated carbocycles. The number of carboxylic acids is 1. The molecule has 0 amide bonds. The van der Waals surface area contributed by atoms with Gasteiger partial charge in [0.2, 0.25) is 0 Å². The molecule has 0 aliphatic heterocycles. The van der Waals surface area contributed by atoms with E-state index in [-0.39, 0.29) is 0 Å². The van der Waals surface area contributed by atoms with Gasteiger partial charge in [-0.25, -0.2) is 4.79 Å². The van der Waals surface area contributed by atoms with Crippen LogP contribution in [0.4, 0.5) is 0 Å². The first-order chi connectivity index (χ1) is 13.2. The minimum Gasteiger partial charge on any atom is -0.487 e. The van der Waals surface area contributed by atoms with Gasteiger partial charge in [-0.2, -0.15) is 0 Å². The van der Waals surface area contributed by atoms with Gasteiger partial charge in [0.1, 0.15) is 0 Å². The molecule has 0 rings (SSSR count). The second-order valence-electron chi connectivity index (χ2n) is 6.37. The summed E-state index contributed by atoms with van der Waals surface area (Å²) in [6, 6.07) is 0. The minimum atomic E-state index is -0.912. The van der Waals surface area contributed by atoms with Crippen LogP contribution in [-0.2, 0) is 9.53 Å². The van der Waals surface area contributed by atoms with Gasteiger partial charge in [0.25, 0.3) is 0 Å². The molecule has 1 unspecified atom stereocenters. The number of carboxylic acid groups (broad SMARTS) is 1. The third-order valence-corrected chi connectivity index (χ3v) is 3.92. The second-order valence-corrected chi connectivity index (χ2v) is 6.37. The van der Waals surface area contributed by atoms with E-state index in [9.17, 15) is 4.79 Å². The minimum absolute atomic E-state index is 0.471. The van der Waals surface area contributed by atoms with Crippen molar-refractivity contribution in [1.82, 2.24) is 0 Å². The number of hydrogen-bond donors (Lipinski definition) is 1. The van der Waals surface area contributed by atoms with Gasteiger partial charge in [0, 0.05) is 0 Å². The number of aliphatic carboxylic acids is 1. The smallest absolute Gasteiger partial charge is 0.344 e. The Bertz CT molecular complexity index is 484. The van der Waals surface area contributed by atoms with Crippen molar-refractivity contribution in [3.63, 3.8) is 0 Å². The van der Waals surface area contributed by atoms with Gasteiger partial charge in [-0.05, 0) is 70.3 Å². The maximum absolute atomic E-state index is 10.8. The highest BCUT2D eigenvalue weighted by Gasteiger charge is 2.13. The Morgan fingerprint density at radius 1 is 0.778 bits per heavy atom. The lowest BCUT2D eigenvalue weighted by Gasteiger charge is -2.08. The fourth-order valence-electron chi connectivity index (χ4n) is 2.33. The van der Waals surface area contributed by atoms with Crippen LogP contribution < -0.4 is 0 Å². The first-order valence-electron chi connectivity index (χ1n) is 10.4. The van der Waals surface area contributed by atoms with Crippen LogP contribution in [-0.4, -0.2) is 17.2 Å². The highest BCUT2D eigenvalue weighted by Crippen LogP contribution is 2.04. The monoisotopic (exact) mass is 374 g/mol. The molecule has 0 bridgehead atoms. The number of hydrogen-bond acceptors (Lipinski definition) is 2. The number of carbonyl (C=O) groups is 1. The Hall–Kier alpha value is -2.03. The van der Waals surface area contributed by atoms with Gasteiger partial charge in [0.15, 0.2) is 6.10 Å². The summed E-state index contributed by atoms with van der Waals surface area (Å²) in [7, 11) is 0. The Morgan fingerprint density at radius 2 is 1.30 bits per heavy atom. The number of ether oxygens (including phenoxy) is 1. The molecule has 3 heteroatoms. The molecule has 0 aliphatic carbocycles. The van der Waals surface area contributed by atoms with E-state index in [4.69, 9.17) is 9.84 Å². The zero-order chi connectivity index (χ0) is 20.0. The van der Waals surface area contributed by atoms with E-state index in [1.165, 1.54) is 25.5 Å². The molecular formula is C24H38O3. The number of rotatable bonds is 17. The second kappa shape index (κ2) is 20.3. The van der Waals surface area contributed by atoms with Crippen molar-refractivity contribution in [3.05, 3.63) is 60.9 Å². The van der Waals surface area contributed by atoms with Gasteiger partial charge in [-0.15, -0.1) is 0 Å². The maximum atomic E-state index is 10.8. The largest absolute Gasteiger partial charge is 0.487 e. The highest BCUT2D eigenvalue weighted by atomic mass is 16.5. The molecule has 27 heavy (non-hydrogen) atoms. The van der Waals surface area contributed by atoms with Gasteiger partial charge >= 0.3 is 5.97 Å². The number of unbranched alkanes of at least 4 members (excludes halogenated alkanes) is 4. The third kappa shape index (κ3) is 18.6. The SMILES string of the molecule is CC/C=C\C/C=C\CCCC/C=C\C/C=C\CC/C=C/OC(CC)C(=O)O. The average molecular weight is 375 g/mol. The van der Waals surface area contributed by atoms with Crippen molar-refractivity contribution in [3.8, 4) is 0 Å². The van der Waals surface area contributed by atoms with Crippen molar-refractivity contribution in [2.24, 2.45) is 0 Å². The Balaban J connectivity index is 3.50. The summed E-state index contributed by atoms with van der Waals surface area (Å²) in [6.07, 6.45) is 30.7. The van der Waals surface area contributed by atoms with Crippen molar-refractivity contribution >= 4 is 5.97 Å². The van der Waals surface area contributed by atoms with Crippen molar-refractivity contribution in [2.75, 3.05) is 0 Å². The van der Waals surface area contributed by atoms with Crippen LogP contribution in [0.5, 0.6) is 0 Å². The van der Waals surface area contributed by atoms with Gasteiger partial charge < -0.3 is 9.84 Å². The molecule has 0 aromatic carbocycles. The van der Waals surface area contributed by atoms with Crippen molar-refractivity contribution in [2.45, 2.75) is 84.2 Å². The predicted molar refractivity (Wildman–Crippen MR) is 116 cm³/mol. The van der Waals surface area contributed by atoms with Crippen LogP contribution >= 0.6 is 0 Å². The molecule has 0 fully saturated rings. The Labute approximate surface area is 166 Å². The van der Waals surface area contributed by atoms with E-state index >= 15 is 0 Å². The molecule has 0 heterocycles. The average Bonchev–Trinajstić information content (AvgIpc) is 2.66. The molecule has 0 aromatic heterocycles. The van der Waals surface area contributed by atoms with E-state index in [0.29, 0.717) is 6.42 Å². The fraction of sp³-hybridized carbons (Fsp3) is 0.542. The molecule has 0 saturated heterocycles. The molecule has 152 valence electrons. The molecule has 0 spiro atoms. The van der Waals surface area contributed by atoms with Crippen LogP contribution in [0.25, 0.3) is 0 Å². The zero-order valence-corrected chi connectivity index (χ0v) is 17.2. The molecule has 0 radical (unpaired) electrons. The topological polar surface area (TPSA) is 46.5 Å². The van der Waals surface area contributed by atoms with Crippen LogP contribution in [0.2, 0.25) is 0 Å². The Morgan fingerprint density at radius 3 is 1.81 bits per heavy atom. The van der Waals surface area contributed by atoms with E-state index in [2.05, 4.69) is 55.5 Å². The normalized spacial score (nSPS) is 13.7. The van der Waals surface area contributed by atoms with Gasteiger partial charge in [0.05, 0.1) is 6.26 Å². The van der Waals surface area contributed by atoms with E-state index in [0.717, 1.165) is 38.5 Å². The summed E-state index contributed by atoms with van der Waals surface area (Å²) in [5.74, 6) is -0.912. The summed E-state index contributed by atoms with van der Waals surface area (Å²) in [5, 5.41) is 8.84. The van der Waals surface area contributed by atoms with Crippen LogP contribution in [0, 0.1) is 0 Å². The summed E-state index contributed by atoms with van der Waals surface area (Å²) in [4.78, 5) is 10.8. The maximum Gasteiger partial charge on any atom is 0.344 e. The van der Waals surface area contributed by atoms with E-state index < -0.39 is 12.1 Å². The lowest BCUT2D eigenvalue weighted by Crippen LogP contribution is -2.20. The molecule has 0 aromatic rings. The van der Waals surface area contributed by atoms with Gasteiger partial charge in [-0.1, -0.05) is 62.5 Å². The van der Waals surface area contributed by atoms with E-state index in [1.54, 1.807) is 6.92 Å². The fourth-order valence-corrected chi connectivity index (χ4v) is 2.33. The summed E-state index contributed by atoms with van der Waals surface area (Å²) < 4.78 is 5.16. The van der Waals surface area contributed by atoms with Crippen LogP contribution in [0.15, 0.2) is 60.9 Å². The Kier molecular flexibility index (Phi) is 18.8. The van der Waals surface area contributed by atoms with E-state index in [1.807, 2.05) is 6.08 Å². The summed E-state index contributed by atoms with van der Waals surface area (Å²) in [6.45, 7) is 3.96. The quantitative estimate of drug-likeness (QED) is 0.167. The molecule has 1 N–H and O–H groups in total.